The molecule has 0 amide bonds. The highest BCUT2D eigenvalue weighted by molar-refractivity contribution is 5.71. The van der Waals surface area contributed by atoms with Crippen LogP contribution in [-0.2, 0) is 28.6 Å². The van der Waals surface area contributed by atoms with Gasteiger partial charge in [0.15, 0.2) is 6.10 Å². The number of allylic oxidation sites excluding steroid dienone is 14. The van der Waals surface area contributed by atoms with Crippen LogP contribution in [0, 0.1) is 0 Å². The van der Waals surface area contributed by atoms with Gasteiger partial charge in [-0.05, 0) is 83.5 Å². The summed E-state index contributed by atoms with van der Waals surface area (Å²) in [5.41, 5.74) is 0. The molecule has 0 saturated carbocycles. The SMILES string of the molecule is CC/C=C\C/C=C\C/C=C\C/C=C\C/C=C\CCCC(=O)OC(COC(=O)CCCCCCC/C=C\C=C/CCCCCCCCC)COC(=O)CCCCCCCCCCCCCCCCCCC. The van der Waals surface area contributed by atoms with Gasteiger partial charge >= 0.3 is 17.9 Å². The molecule has 0 N–H and O–H groups in total. The number of carbonyl (C=O) groups excluding carboxylic acids is 3. The van der Waals surface area contributed by atoms with Gasteiger partial charge in [-0.25, -0.2) is 0 Å². The predicted octanol–water partition coefficient (Wildman–Crippen LogP) is 19.9. The standard InChI is InChI=1S/C64H110O6/c1-4-7-10-13-16-19-22-25-28-31-34-36-39-42-45-48-51-54-57-63(66)69-60-61(70-64(67)58-55-52-49-46-43-40-37-33-30-27-24-21-18-15-12-9-6-3)59-68-62(65)56-53-50-47-44-41-38-35-32-29-26-23-20-17-14-11-8-5-2/h9,12,18,21,27-28,30-31,34,36-37,40,46,49,61H,4-8,10-11,13-17,19-20,22-26,29,32-33,35,38-39,41-45,47-48,50-60H2,1-3H3/b12-9-,21-18-,30-27-,31-28-,36-34-,40-37-,49-46-. The average Bonchev–Trinajstić information content (AvgIpc) is 3.36. The molecular formula is C64H110O6. The topological polar surface area (TPSA) is 78.9 Å². The summed E-state index contributed by atoms with van der Waals surface area (Å²) in [5, 5.41) is 0. The smallest absolute Gasteiger partial charge is 0.306 e. The van der Waals surface area contributed by atoms with E-state index in [1.807, 2.05) is 0 Å². The number of rotatable bonds is 53. The van der Waals surface area contributed by atoms with Crippen molar-refractivity contribution in [3.63, 3.8) is 0 Å². The number of carbonyl (C=O) groups is 3. The second kappa shape index (κ2) is 58.2. The molecule has 70 heavy (non-hydrogen) atoms. The molecule has 0 aromatic heterocycles. The lowest BCUT2D eigenvalue weighted by atomic mass is 10.0. The molecule has 402 valence electrons. The van der Waals surface area contributed by atoms with Crippen LogP contribution >= 0.6 is 0 Å². The maximum absolute atomic E-state index is 12.8. The Morgan fingerprint density at radius 3 is 0.986 bits per heavy atom. The number of unbranched alkanes of at least 4 members (excludes halogenated alkanes) is 29. The van der Waals surface area contributed by atoms with Gasteiger partial charge in [-0.1, -0.05) is 266 Å². The molecule has 0 spiro atoms. The van der Waals surface area contributed by atoms with Gasteiger partial charge in [0.25, 0.3) is 0 Å². The van der Waals surface area contributed by atoms with Crippen molar-refractivity contribution in [1.82, 2.24) is 0 Å². The lowest BCUT2D eigenvalue weighted by Gasteiger charge is -2.18. The molecule has 1 atom stereocenters. The molecule has 6 nitrogen and oxygen atoms in total. The van der Waals surface area contributed by atoms with Crippen LogP contribution in [0.5, 0.6) is 0 Å². The fourth-order valence-corrected chi connectivity index (χ4v) is 8.23. The van der Waals surface area contributed by atoms with Crippen molar-refractivity contribution in [2.75, 3.05) is 13.2 Å². The molecule has 0 bridgehead atoms. The summed E-state index contributed by atoms with van der Waals surface area (Å²) >= 11 is 0. The van der Waals surface area contributed by atoms with Gasteiger partial charge in [0.2, 0.25) is 0 Å². The van der Waals surface area contributed by atoms with Crippen LogP contribution in [0.4, 0.5) is 0 Å². The zero-order valence-electron chi connectivity index (χ0n) is 46.0. The third-order valence-electron chi connectivity index (χ3n) is 12.7. The van der Waals surface area contributed by atoms with Crippen LogP contribution in [0.25, 0.3) is 0 Å². The Morgan fingerprint density at radius 1 is 0.314 bits per heavy atom. The van der Waals surface area contributed by atoms with E-state index in [-0.39, 0.29) is 37.5 Å². The van der Waals surface area contributed by atoms with E-state index in [4.69, 9.17) is 14.2 Å². The van der Waals surface area contributed by atoms with E-state index in [0.717, 1.165) is 96.3 Å². The molecule has 0 aliphatic rings. The van der Waals surface area contributed by atoms with Crippen molar-refractivity contribution in [2.45, 2.75) is 290 Å². The molecular weight excluding hydrogens is 865 g/mol. The van der Waals surface area contributed by atoms with Gasteiger partial charge in [0.05, 0.1) is 0 Å². The van der Waals surface area contributed by atoms with Crippen LogP contribution in [-0.4, -0.2) is 37.2 Å². The van der Waals surface area contributed by atoms with E-state index < -0.39 is 6.10 Å². The largest absolute Gasteiger partial charge is 0.462 e. The maximum Gasteiger partial charge on any atom is 0.306 e. The monoisotopic (exact) mass is 975 g/mol. The van der Waals surface area contributed by atoms with Crippen molar-refractivity contribution in [3.8, 4) is 0 Å². The first-order valence-corrected chi connectivity index (χ1v) is 29.6. The van der Waals surface area contributed by atoms with Crippen LogP contribution < -0.4 is 0 Å². The summed E-state index contributed by atoms with van der Waals surface area (Å²) in [4.78, 5) is 38.2. The Bertz CT molecular complexity index is 1350. The molecule has 0 aromatic rings. The van der Waals surface area contributed by atoms with Crippen molar-refractivity contribution in [1.29, 1.82) is 0 Å². The normalized spacial score (nSPS) is 12.7. The molecule has 0 rings (SSSR count). The molecule has 6 heteroatoms. The molecule has 0 aliphatic carbocycles. The third-order valence-corrected chi connectivity index (χ3v) is 12.7. The van der Waals surface area contributed by atoms with E-state index in [9.17, 15) is 14.4 Å². The minimum Gasteiger partial charge on any atom is -0.462 e. The summed E-state index contributed by atoms with van der Waals surface area (Å²) in [6, 6.07) is 0. The first-order chi connectivity index (χ1) is 34.5. The van der Waals surface area contributed by atoms with Crippen molar-refractivity contribution >= 4 is 17.9 Å². The first kappa shape index (κ1) is 66.6. The van der Waals surface area contributed by atoms with E-state index in [2.05, 4.69) is 106 Å². The fraction of sp³-hybridized carbons (Fsp3) is 0.734. The molecule has 0 radical (unpaired) electrons. The minimum absolute atomic E-state index is 0.102. The van der Waals surface area contributed by atoms with Gasteiger partial charge in [0, 0.05) is 19.3 Å². The number of hydrogen-bond acceptors (Lipinski definition) is 6. The summed E-state index contributed by atoms with van der Waals surface area (Å²) in [5.74, 6) is -0.968. The van der Waals surface area contributed by atoms with E-state index in [1.165, 1.54) is 141 Å². The van der Waals surface area contributed by atoms with Crippen LogP contribution in [0.1, 0.15) is 284 Å². The van der Waals surface area contributed by atoms with Gasteiger partial charge in [-0.2, -0.15) is 0 Å². The molecule has 0 saturated heterocycles. The summed E-state index contributed by atoms with van der Waals surface area (Å²) in [6.07, 6.45) is 75.8. The van der Waals surface area contributed by atoms with Crippen molar-refractivity contribution in [3.05, 3.63) is 85.1 Å². The molecule has 0 aromatic carbocycles. The van der Waals surface area contributed by atoms with Crippen molar-refractivity contribution in [2.24, 2.45) is 0 Å². The van der Waals surface area contributed by atoms with Gasteiger partial charge in [-0.3, -0.25) is 14.4 Å². The lowest BCUT2D eigenvalue weighted by Crippen LogP contribution is -2.30. The highest BCUT2D eigenvalue weighted by atomic mass is 16.6. The quantitative estimate of drug-likeness (QED) is 0.0199. The first-order valence-electron chi connectivity index (χ1n) is 29.6. The Kier molecular flexibility index (Phi) is 55.3. The van der Waals surface area contributed by atoms with Crippen LogP contribution in [0.15, 0.2) is 85.1 Å². The Labute approximate surface area is 433 Å². The summed E-state index contributed by atoms with van der Waals surface area (Å²) in [6.45, 7) is 6.49. The number of ether oxygens (including phenoxy) is 3. The molecule has 0 fully saturated rings. The number of hydrogen-bond donors (Lipinski definition) is 0. The Hall–Kier alpha value is -3.41. The zero-order chi connectivity index (χ0) is 50.7. The van der Waals surface area contributed by atoms with Gasteiger partial charge in [-0.15, -0.1) is 0 Å². The lowest BCUT2D eigenvalue weighted by molar-refractivity contribution is -0.167. The van der Waals surface area contributed by atoms with Crippen LogP contribution in [0.2, 0.25) is 0 Å². The fourth-order valence-electron chi connectivity index (χ4n) is 8.23. The van der Waals surface area contributed by atoms with Crippen molar-refractivity contribution < 1.29 is 28.6 Å². The van der Waals surface area contributed by atoms with E-state index >= 15 is 0 Å². The summed E-state index contributed by atoms with van der Waals surface area (Å²) < 4.78 is 16.8. The van der Waals surface area contributed by atoms with Gasteiger partial charge < -0.3 is 14.2 Å². The van der Waals surface area contributed by atoms with Crippen LogP contribution in [0.3, 0.4) is 0 Å². The Balaban J connectivity index is 4.48. The molecule has 1 unspecified atom stereocenters. The molecule has 0 aliphatic heterocycles. The minimum atomic E-state index is -0.812. The molecule has 0 heterocycles. The third kappa shape index (κ3) is 55.5. The number of esters is 3. The van der Waals surface area contributed by atoms with E-state index in [0.29, 0.717) is 19.3 Å². The Morgan fingerprint density at radius 2 is 0.614 bits per heavy atom. The van der Waals surface area contributed by atoms with Gasteiger partial charge in [0.1, 0.15) is 13.2 Å². The maximum atomic E-state index is 12.8. The van der Waals surface area contributed by atoms with E-state index in [1.54, 1.807) is 0 Å². The highest BCUT2D eigenvalue weighted by Gasteiger charge is 2.19. The second-order valence-electron chi connectivity index (χ2n) is 19.6. The highest BCUT2D eigenvalue weighted by Crippen LogP contribution is 2.16. The average molecular weight is 976 g/mol. The zero-order valence-corrected chi connectivity index (χ0v) is 46.0. The second-order valence-corrected chi connectivity index (χ2v) is 19.6. The summed E-state index contributed by atoms with van der Waals surface area (Å²) in [7, 11) is 0. The predicted molar refractivity (Wildman–Crippen MR) is 302 cm³/mol.